The van der Waals surface area contributed by atoms with E-state index >= 15 is 0 Å². The summed E-state index contributed by atoms with van der Waals surface area (Å²) in [5, 5.41) is 19.9. The number of benzene rings is 1. The molecule has 23 heavy (non-hydrogen) atoms. The topological polar surface area (TPSA) is 99.9 Å². The van der Waals surface area contributed by atoms with Crippen molar-refractivity contribution >= 4 is 28.9 Å². The van der Waals surface area contributed by atoms with Crippen molar-refractivity contribution in [1.82, 2.24) is 19.9 Å². The molecule has 0 saturated heterocycles. The van der Waals surface area contributed by atoms with E-state index in [4.69, 9.17) is 27.7 Å². The van der Waals surface area contributed by atoms with Crippen LogP contribution in [-0.4, -0.2) is 24.8 Å². The summed E-state index contributed by atoms with van der Waals surface area (Å²) >= 11 is 11.9. The Balaban J connectivity index is 2.10. The molecule has 0 aliphatic heterocycles. The third kappa shape index (κ3) is 2.66. The minimum absolute atomic E-state index is 0.0128. The summed E-state index contributed by atoms with van der Waals surface area (Å²) in [6, 6.07) is 4.81. The number of aromatic nitrogens is 4. The summed E-state index contributed by atoms with van der Waals surface area (Å²) in [7, 11) is 1.60. The van der Waals surface area contributed by atoms with Crippen molar-refractivity contribution in [3.8, 4) is 23.0 Å². The van der Waals surface area contributed by atoms with E-state index in [2.05, 4.69) is 15.2 Å². The van der Waals surface area contributed by atoms with E-state index in [0.717, 1.165) is 0 Å². The van der Waals surface area contributed by atoms with Crippen molar-refractivity contribution in [2.24, 2.45) is 7.05 Å². The van der Waals surface area contributed by atoms with Gasteiger partial charge in [-0.05, 0) is 25.1 Å². The quantitative estimate of drug-likeness (QED) is 0.526. The number of nitro groups is 1. The Kier molecular flexibility index (Phi) is 3.78. The lowest BCUT2D eigenvalue weighted by atomic mass is 10.2. The highest BCUT2D eigenvalue weighted by atomic mass is 35.5. The maximum Gasteiger partial charge on any atom is 0.322 e. The van der Waals surface area contributed by atoms with Crippen LogP contribution in [0.3, 0.4) is 0 Å². The Morgan fingerprint density at radius 1 is 1.35 bits per heavy atom. The average Bonchev–Trinajstić information content (AvgIpc) is 3.05. The monoisotopic (exact) mass is 353 g/mol. The summed E-state index contributed by atoms with van der Waals surface area (Å²) in [5.41, 5.74) is 0.722. The van der Waals surface area contributed by atoms with Gasteiger partial charge in [0.25, 0.3) is 5.89 Å². The van der Waals surface area contributed by atoms with E-state index in [1.165, 1.54) is 4.68 Å². The van der Waals surface area contributed by atoms with Crippen LogP contribution in [0.25, 0.3) is 23.0 Å². The molecule has 3 rings (SSSR count). The van der Waals surface area contributed by atoms with E-state index < -0.39 is 4.92 Å². The molecule has 0 saturated carbocycles. The molecule has 2 heterocycles. The summed E-state index contributed by atoms with van der Waals surface area (Å²) in [6.07, 6.45) is 0. The molecule has 0 radical (unpaired) electrons. The number of halogens is 2. The molecule has 0 N–H and O–H groups in total. The lowest BCUT2D eigenvalue weighted by molar-refractivity contribution is -0.384. The van der Waals surface area contributed by atoms with Gasteiger partial charge in [0.15, 0.2) is 0 Å². The Labute approximate surface area is 139 Å². The maximum absolute atomic E-state index is 11.2. The van der Waals surface area contributed by atoms with Crippen LogP contribution in [-0.2, 0) is 7.05 Å². The van der Waals surface area contributed by atoms with E-state index in [1.54, 1.807) is 32.2 Å². The molecule has 0 spiro atoms. The number of hydrogen-bond acceptors (Lipinski definition) is 6. The summed E-state index contributed by atoms with van der Waals surface area (Å²) in [4.78, 5) is 14.8. The standard InChI is InChI=1S/C13H9Cl2N5O3/c1-6-11(20(21)22)10(17-19(6)2)13-16-12(18-23-13)8-4-3-7(14)5-9(8)15/h3-5H,1-2H3. The molecule has 3 aromatic rings. The van der Waals surface area contributed by atoms with Crippen LogP contribution in [0.15, 0.2) is 22.7 Å². The van der Waals surface area contributed by atoms with Gasteiger partial charge in [-0.25, -0.2) is 0 Å². The van der Waals surface area contributed by atoms with Gasteiger partial charge >= 0.3 is 5.69 Å². The zero-order valence-corrected chi connectivity index (χ0v) is 13.5. The molecule has 118 valence electrons. The summed E-state index contributed by atoms with van der Waals surface area (Å²) in [6.45, 7) is 1.59. The van der Waals surface area contributed by atoms with Gasteiger partial charge in [-0.3, -0.25) is 14.8 Å². The van der Waals surface area contributed by atoms with Crippen molar-refractivity contribution in [1.29, 1.82) is 0 Å². The van der Waals surface area contributed by atoms with Crippen LogP contribution in [0.4, 0.5) is 5.69 Å². The van der Waals surface area contributed by atoms with Gasteiger partial charge in [-0.2, -0.15) is 10.1 Å². The molecule has 1 aromatic carbocycles. The second-order valence-electron chi connectivity index (χ2n) is 4.71. The van der Waals surface area contributed by atoms with Crippen molar-refractivity contribution in [2.75, 3.05) is 0 Å². The molecular weight excluding hydrogens is 345 g/mol. The highest BCUT2D eigenvalue weighted by Crippen LogP contribution is 2.33. The first-order valence-electron chi connectivity index (χ1n) is 6.36. The molecular formula is C13H9Cl2N5O3. The molecule has 0 aliphatic carbocycles. The van der Waals surface area contributed by atoms with Gasteiger partial charge in [0.2, 0.25) is 11.5 Å². The number of rotatable bonds is 3. The lowest BCUT2D eigenvalue weighted by Gasteiger charge is -1.98. The van der Waals surface area contributed by atoms with Crippen LogP contribution in [0.1, 0.15) is 5.69 Å². The molecule has 0 amide bonds. The Hall–Kier alpha value is -2.45. The van der Waals surface area contributed by atoms with Crippen LogP contribution in [0, 0.1) is 17.0 Å². The first kappa shape index (κ1) is 15.4. The fraction of sp³-hybridized carbons (Fsp3) is 0.154. The SMILES string of the molecule is Cc1c([N+](=O)[O-])c(-c2nc(-c3ccc(Cl)cc3Cl)no2)nn1C. The maximum atomic E-state index is 11.2. The Morgan fingerprint density at radius 2 is 2.09 bits per heavy atom. The summed E-state index contributed by atoms with van der Waals surface area (Å²) in [5.74, 6) is 0.140. The molecule has 0 bridgehead atoms. The number of aryl methyl sites for hydroxylation is 1. The van der Waals surface area contributed by atoms with E-state index in [9.17, 15) is 10.1 Å². The van der Waals surface area contributed by atoms with Crippen LogP contribution >= 0.6 is 23.2 Å². The second kappa shape index (κ2) is 5.64. The van der Waals surface area contributed by atoms with Crippen LogP contribution in [0.2, 0.25) is 10.0 Å². The van der Waals surface area contributed by atoms with Crippen LogP contribution < -0.4 is 0 Å². The van der Waals surface area contributed by atoms with Gasteiger partial charge in [0.1, 0.15) is 5.69 Å². The molecule has 8 nitrogen and oxygen atoms in total. The summed E-state index contributed by atoms with van der Waals surface area (Å²) < 4.78 is 6.50. The minimum atomic E-state index is -0.531. The predicted octanol–water partition coefficient (Wildman–Crippen LogP) is 3.66. The molecule has 2 aromatic heterocycles. The van der Waals surface area contributed by atoms with Gasteiger partial charge < -0.3 is 4.52 Å². The Bertz CT molecular complexity index is 918. The zero-order valence-electron chi connectivity index (χ0n) is 11.9. The van der Waals surface area contributed by atoms with E-state index in [0.29, 0.717) is 21.3 Å². The molecule has 10 heteroatoms. The number of nitrogens with zero attached hydrogens (tertiary/aromatic N) is 5. The van der Waals surface area contributed by atoms with Crippen molar-refractivity contribution in [3.05, 3.63) is 44.1 Å². The fourth-order valence-corrected chi connectivity index (χ4v) is 2.55. The van der Waals surface area contributed by atoms with Gasteiger partial charge in [0, 0.05) is 17.6 Å². The molecule has 0 unspecified atom stereocenters. The van der Waals surface area contributed by atoms with Gasteiger partial charge in [-0.15, -0.1) is 0 Å². The fourth-order valence-electron chi connectivity index (χ4n) is 2.06. The smallest absolute Gasteiger partial charge is 0.322 e. The predicted molar refractivity (Wildman–Crippen MR) is 83.3 cm³/mol. The zero-order chi connectivity index (χ0) is 16.7. The van der Waals surface area contributed by atoms with Crippen molar-refractivity contribution in [2.45, 2.75) is 6.92 Å². The molecule has 0 atom stereocenters. The van der Waals surface area contributed by atoms with E-state index in [1.807, 2.05) is 0 Å². The highest BCUT2D eigenvalue weighted by molar-refractivity contribution is 6.36. The van der Waals surface area contributed by atoms with Crippen molar-refractivity contribution in [3.63, 3.8) is 0 Å². The first-order chi connectivity index (χ1) is 10.9. The minimum Gasteiger partial charge on any atom is -0.332 e. The van der Waals surface area contributed by atoms with Crippen molar-refractivity contribution < 1.29 is 9.45 Å². The molecule has 0 fully saturated rings. The first-order valence-corrected chi connectivity index (χ1v) is 7.11. The third-order valence-corrected chi connectivity index (χ3v) is 3.83. The second-order valence-corrected chi connectivity index (χ2v) is 5.55. The van der Waals surface area contributed by atoms with Gasteiger partial charge in [-0.1, -0.05) is 28.4 Å². The number of hydrogen-bond donors (Lipinski definition) is 0. The van der Waals surface area contributed by atoms with Gasteiger partial charge in [0.05, 0.1) is 9.95 Å². The average molecular weight is 354 g/mol. The van der Waals surface area contributed by atoms with E-state index in [-0.39, 0.29) is 23.1 Å². The highest BCUT2D eigenvalue weighted by Gasteiger charge is 2.29. The largest absolute Gasteiger partial charge is 0.332 e. The lowest BCUT2D eigenvalue weighted by Crippen LogP contribution is -1.94. The Morgan fingerprint density at radius 3 is 2.74 bits per heavy atom. The van der Waals surface area contributed by atoms with Crippen LogP contribution in [0.5, 0.6) is 0 Å². The third-order valence-electron chi connectivity index (χ3n) is 3.29. The normalized spacial score (nSPS) is 11.0. The molecule has 0 aliphatic rings.